The number of carbonyl (C=O) groups is 1. The van der Waals surface area contributed by atoms with E-state index in [2.05, 4.69) is 31.0 Å². The molecule has 1 saturated heterocycles. The molecule has 1 fully saturated rings. The fourth-order valence-electron chi connectivity index (χ4n) is 3.15. The first-order chi connectivity index (χ1) is 9.69. The third-order valence-corrected chi connectivity index (χ3v) is 4.47. The van der Waals surface area contributed by atoms with Crippen molar-refractivity contribution in [2.45, 2.75) is 78.2 Å². The van der Waals surface area contributed by atoms with E-state index in [-0.39, 0.29) is 0 Å². The molecular formula is C17H34N2O. The third kappa shape index (κ3) is 6.25. The topological polar surface area (TPSA) is 32.3 Å². The first-order valence-electron chi connectivity index (χ1n) is 8.70. The van der Waals surface area contributed by atoms with Gasteiger partial charge in [-0.3, -0.25) is 4.79 Å². The maximum Gasteiger partial charge on any atom is 0.222 e. The van der Waals surface area contributed by atoms with Crippen molar-refractivity contribution >= 4 is 5.91 Å². The van der Waals surface area contributed by atoms with Gasteiger partial charge in [0, 0.05) is 25.6 Å². The average Bonchev–Trinajstić information content (AvgIpc) is 2.45. The van der Waals surface area contributed by atoms with Crippen LogP contribution in [0.15, 0.2) is 0 Å². The van der Waals surface area contributed by atoms with Gasteiger partial charge in [0.05, 0.1) is 0 Å². The van der Waals surface area contributed by atoms with Crippen LogP contribution in [-0.4, -0.2) is 36.5 Å². The predicted octanol–water partition coefficient (Wildman–Crippen LogP) is 3.58. The summed E-state index contributed by atoms with van der Waals surface area (Å²) in [4.78, 5) is 14.3. The Morgan fingerprint density at radius 3 is 2.50 bits per heavy atom. The van der Waals surface area contributed by atoms with Crippen LogP contribution in [0.4, 0.5) is 0 Å². The highest BCUT2D eigenvalue weighted by Crippen LogP contribution is 2.18. The lowest BCUT2D eigenvalue weighted by atomic mass is 9.93. The van der Waals surface area contributed by atoms with Crippen molar-refractivity contribution < 1.29 is 4.79 Å². The number of nitrogens with zero attached hydrogens (tertiary/aromatic N) is 1. The van der Waals surface area contributed by atoms with Crippen LogP contribution < -0.4 is 5.32 Å². The number of unbranched alkanes of at least 4 members (excludes halogenated alkanes) is 5. The molecule has 0 aromatic heterocycles. The fourth-order valence-corrected chi connectivity index (χ4v) is 3.15. The fraction of sp³-hybridized carbons (Fsp3) is 0.941. The van der Waals surface area contributed by atoms with Gasteiger partial charge in [0.1, 0.15) is 0 Å². The summed E-state index contributed by atoms with van der Waals surface area (Å²) in [5, 5.41) is 3.53. The number of amides is 1. The molecule has 0 saturated carbocycles. The summed E-state index contributed by atoms with van der Waals surface area (Å²) < 4.78 is 0. The molecule has 1 amide bonds. The Bertz CT molecular complexity index is 268. The van der Waals surface area contributed by atoms with Crippen molar-refractivity contribution in [3.8, 4) is 0 Å². The summed E-state index contributed by atoms with van der Waals surface area (Å²) in [6, 6.07) is 0.595. The van der Waals surface area contributed by atoms with Crippen molar-refractivity contribution in [2.24, 2.45) is 5.92 Å². The van der Waals surface area contributed by atoms with E-state index >= 15 is 0 Å². The van der Waals surface area contributed by atoms with Gasteiger partial charge in [-0.15, -0.1) is 0 Å². The Morgan fingerprint density at radius 2 is 1.85 bits per heavy atom. The first kappa shape index (κ1) is 17.5. The number of likely N-dealkylation sites (tertiary alicyclic amines) is 1. The zero-order chi connectivity index (χ0) is 14.8. The van der Waals surface area contributed by atoms with Crippen LogP contribution in [0.5, 0.6) is 0 Å². The van der Waals surface area contributed by atoms with Crippen LogP contribution >= 0.6 is 0 Å². The summed E-state index contributed by atoms with van der Waals surface area (Å²) >= 11 is 0. The zero-order valence-electron chi connectivity index (χ0n) is 13.8. The highest BCUT2D eigenvalue weighted by atomic mass is 16.2. The minimum atomic E-state index is 0.377. The van der Waals surface area contributed by atoms with Crippen LogP contribution in [0.3, 0.4) is 0 Å². The summed E-state index contributed by atoms with van der Waals surface area (Å²) in [6.45, 7) is 9.56. The standard InChI is InChI=1S/C17H34N2O/c1-4-6-7-8-9-10-11-17(20)19-13-12-16(18-5-2)15(3)14-19/h15-16,18H,4-14H2,1-3H3. The van der Waals surface area contributed by atoms with Crippen LogP contribution in [0.2, 0.25) is 0 Å². The van der Waals surface area contributed by atoms with Crippen LogP contribution in [0.1, 0.15) is 72.1 Å². The highest BCUT2D eigenvalue weighted by molar-refractivity contribution is 5.76. The van der Waals surface area contributed by atoms with Crippen molar-refractivity contribution in [3.05, 3.63) is 0 Å². The van der Waals surface area contributed by atoms with E-state index in [0.29, 0.717) is 17.9 Å². The largest absolute Gasteiger partial charge is 0.342 e. The number of rotatable bonds is 9. The van der Waals surface area contributed by atoms with Gasteiger partial charge in [0.2, 0.25) is 5.91 Å². The summed E-state index contributed by atoms with van der Waals surface area (Å²) in [5.74, 6) is 0.958. The molecule has 0 aliphatic carbocycles. The first-order valence-corrected chi connectivity index (χ1v) is 8.70. The van der Waals surface area contributed by atoms with Gasteiger partial charge in [-0.2, -0.15) is 0 Å². The molecule has 118 valence electrons. The second-order valence-electron chi connectivity index (χ2n) is 6.29. The minimum absolute atomic E-state index is 0.377. The normalized spacial score (nSPS) is 23.1. The molecule has 1 N–H and O–H groups in total. The van der Waals surface area contributed by atoms with E-state index in [1.807, 2.05) is 0 Å². The Kier molecular flexibility index (Phi) is 8.92. The van der Waals surface area contributed by atoms with Crippen molar-refractivity contribution in [1.29, 1.82) is 0 Å². The number of hydrogen-bond donors (Lipinski definition) is 1. The van der Waals surface area contributed by atoms with E-state index in [0.717, 1.165) is 38.9 Å². The predicted molar refractivity (Wildman–Crippen MR) is 85.8 cm³/mol. The molecule has 2 unspecified atom stereocenters. The Hall–Kier alpha value is -0.570. The maximum atomic E-state index is 12.2. The van der Waals surface area contributed by atoms with Crippen molar-refractivity contribution in [3.63, 3.8) is 0 Å². The van der Waals surface area contributed by atoms with Crippen LogP contribution in [-0.2, 0) is 4.79 Å². The smallest absolute Gasteiger partial charge is 0.222 e. The van der Waals surface area contributed by atoms with Gasteiger partial charge in [-0.1, -0.05) is 52.9 Å². The van der Waals surface area contributed by atoms with Gasteiger partial charge in [0.15, 0.2) is 0 Å². The molecule has 0 bridgehead atoms. The van der Waals surface area contributed by atoms with E-state index in [1.165, 1.54) is 32.1 Å². The number of carbonyl (C=O) groups excluding carboxylic acids is 1. The van der Waals surface area contributed by atoms with Crippen molar-refractivity contribution in [2.75, 3.05) is 19.6 Å². The van der Waals surface area contributed by atoms with Gasteiger partial charge in [-0.25, -0.2) is 0 Å². The van der Waals surface area contributed by atoms with E-state index < -0.39 is 0 Å². The minimum Gasteiger partial charge on any atom is -0.342 e. The quantitative estimate of drug-likeness (QED) is 0.656. The molecule has 0 spiro atoms. The molecule has 1 heterocycles. The van der Waals surface area contributed by atoms with Gasteiger partial charge >= 0.3 is 0 Å². The molecule has 3 nitrogen and oxygen atoms in total. The lowest BCUT2D eigenvalue weighted by Crippen LogP contribution is -2.50. The summed E-state index contributed by atoms with van der Waals surface area (Å²) in [7, 11) is 0. The number of piperidine rings is 1. The van der Waals surface area contributed by atoms with E-state index in [1.54, 1.807) is 0 Å². The Morgan fingerprint density at radius 1 is 1.15 bits per heavy atom. The van der Waals surface area contributed by atoms with E-state index in [4.69, 9.17) is 0 Å². The molecule has 1 aliphatic rings. The zero-order valence-corrected chi connectivity index (χ0v) is 13.8. The van der Waals surface area contributed by atoms with Crippen LogP contribution in [0, 0.1) is 5.92 Å². The monoisotopic (exact) mass is 282 g/mol. The molecule has 3 heteroatoms. The molecule has 0 radical (unpaired) electrons. The van der Waals surface area contributed by atoms with Gasteiger partial charge in [0.25, 0.3) is 0 Å². The molecule has 0 aromatic carbocycles. The molecule has 1 aliphatic heterocycles. The lowest BCUT2D eigenvalue weighted by molar-refractivity contribution is -0.133. The second kappa shape index (κ2) is 10.2. The SMILES string of the molecule is CCCCCCCCC(=O)N1CCC(NCC)C(C)C1. The molecule has 1 rings (SSSR count). The van der Waals surface area contributed by atoms with Gasteiger partial charge in [-0.05, 0) is 25.3 Å². The molecule has 2 atom stereocenters. The molecule has 20 heavy (non-hydrogen) atoms. The molecular weight excluding hydrogens is 248 g/mol. The average molecular weight is 282 g/mol. The lowest BCUT2D eigenvalue weighted by Gasteiger charge is -2.37. The maximum absolute atomic E-state index is 12.2. The second-order valence-corrected chi connectivity index (χ2v) is 6.29. The van der Waals surface area contributed by atoms with Crippen molar-refractivity contribution in [1.82, 2.24) is 10.2 Å². The van der Waals surface area contributed by atoms with Crippen LogP contribution in [0.25, 0.3) is 0 Å². The highest BCUT2D eigenvalue weighted by Gasteiger charge is 2.27. The number of hydrogen-bond acceptors (Lipinski definition) is 2. The Labute approximate surface area is 125 Å². The summed E-state index contributed by atoms with van der Waals surface area (Å²) in [5.41, 5.74) is 0. The number of nitrogens with one attached hydrogen (secondary N) is 1. The Balaban J connectivity index is 2.15. The van der Waals surface area contributed by atoms with E-state index in [9.17, 15) is 4.79 Å². The summed E-state index contributed by atoms with van der Waals surface area (Å²) in [6.07, 6.45) is 9.40. The third-order valence-electron chi connectivity index (χ3n) is 4.47. The van der Waals surface area contributed by atoms with Gasteiger partial charge < -0.3 is 10.2 Å². The molecule has 0 aromatic rings.